The minimum atomic E-state index is -0.627. The van der Waals surface area contributed by atoms with Crippen molar-refractivity contribution in [1.82, 2.24) is 4.90 Å². The highest BCUT2D eigenvalue weighted by atomic mass is 127. The number of halogens is 2. The maximum atomic E-state index is 12.2. The highest BCUT2D eigenvalue weighted by Crippen LogP contribution is 2.30. The van der Waals surface area contributed by atoms with E-state index in [4.69, 9.17) is 21.4 Å². The Bertz CT molecular complexity index is 719. The van der Waals surface area contributed by atoms with Gasteiger partial charge in [-0.15, -0.1) is 0 Å². The fraction of sp³-hybridized carbons (Fsp3) is 0.214. The van der Waals surface area contributed by atoms with Gasteiger partial charge in [0.05, 0.1) is 31.5 Å². The smallest absolute Gasteiger partial charge is 0.340 e. The van der Waals surface area contributed by atoms with Crippen molar-refractivity contribution in [2.24, 2.45) is 0 Å². The molecule has 0 saturated carbocycles. The average Bonchev–Trinajstić information content (AvgIpc) is 2.76. The number of rotatable bonds is 5. The molecular formula is C14H12ClIN2O5. The quantitative estimate of drug-likeness (QED) is 0.400. The zero-order chi connectivity index (χ0) is 17.1. The van der Waals surface area contributed by atoms with E-state index in [9.17, 15) is 14.4 Å². The maximum absolute atomic E-state index is 12.2. The van der Waals surface area contributed by atoms with Gasteiger partial charge in [0.15, 0.2) is 0 Å². The number of nitrogens with zero attached hydrogens (tertiary/aromatic N) is 1. The molecule has 2 N–H and O–H groups in total. The van der Waals surface area contributed by atoms with Gasteiger partial charge in [-0.05, 0) is 34.7 Å². The Labute approximate surface area is 150 Å². The lowest BCUT2D eigenvalue weighted by Gasteiger charge is -2.16. The largest absolute Gasteiger partial charge is 0.465 e. The molecule has 23 heavy (non-hydrogen) atoms. The third-order valence-corrected chi connectivity index (χ3v) is 4.12. The van der Waals surface area contributed by atoms with Crippen LogP contribution in [-0.4, -0.2) is 48.1 Å². The molecule has 1 heterocycles. The lowest BCUT2D eigenvalue weighted by atomic mass is 10.1. The maximum Gasteiger partial charge on any atom is 0.340 e. The van der Waals surface area contributed by atoms with Gasteiger partial charge < -0.3 is 15.2 Å². The van der Waals surface area contributed by atoms with Gasteiger partial charge in [-0.1, -0.05) is 11.6 Å². The highest BCUT2D eigenvalue weighted by molar-refractivity contribution is 14.1. The van der Waals surface area contributed by atoms with Gasteiger partial charge in [0.1, 0.15) is 5.70 Å². The van der Waals surface area contributed by atoms with Gasteiger partial charge in [-0.2, -0.15) is 0 Å². The minimum absolute atomic E-state index is 0.00819. The molecule has 1 aliphatic heterocycles. The first-order valence-electron chi connectivity index (χ1n) is 6.41. The standard InChI is InChI=1S/C14H12ClIN2O5/c1-23-14(22)8-4-7(15)5-9(16)12(8)17-10-6-11(20)18(2-3-19)13(10)21/h4-6,17,19H,2-3H2,1H3. The number of ether oxygens (including phenoxy) is 1. The number of aliphatic hydroxyl groups is 1. The van der Waals surface area contributed by atoms with Gasteiger partial charge >= 0.3 is 5.97 Å². The molecule has 2 rings (SSSR count). The third-order valence-electron chi connectivity index (χ3n) is 3.05. The van der Waals surface area contributed by atoms with Gasteiger partial charge in [-0.25, -0.2) is 4.79 Å². The molecule has 1 aromatic rings. The normalized spacial score (nSPS) is 14.1. The number of hydrogen-bond donors (Lipinski definition) is 2. The first-order chi connectivity index (χ1) is 10.9. The van der Waals surface area contributed by atoms with Crippen LogP contribution in [0, 0.1) is 3.57 Å². The number of nitrogens with one attached hydrogen (secondary N) is 1. The van der Waals surface area contributed by atoms with Crippen LogP contribution >= 0.6 is 34.2 Å². The summed E-state index contributed by atoms with van der Waals surface area (Å²) in [5, 5.41) is 12.0. The summed E-state index contributed by atoms with van der Waals surface area (Å²) >= 11 is 7.89. The molecule has 0 saturated heterocycles. The lowest BCUT2D eigenvalue weighted by Crippen LogP contribution is -2.34. The van der Waals surface area contributed by atoms with E-state index < -0.39 is 17.8 Å². The molecule has 0 spiro atoms. The van der Waals surface area contributed by atoms with Crippen LogP contribution in [0.2, 0.25) is 5.02 Å². The molecule has 0 unspecified atom stereocenters. The molecule has 122 valence electrons. The number of amides is 2. The molecule has 0 aromatic heterocycles. The highest BCUT2D eigenvalue weighted by Gasteiger charge is 2.31. The van der Waals surface area contributed by atoms with Gasteiger partial charge in [-0.3, -0.25) is 14.5 Å². The van der Waals surface area contributed by atoms with Crippen LogP contribution in [0.3, 0.4) is 0 Å². The van der Waals surface area contributed by atoms with Crippen molar-refractivity contribution in [3.05, 3.63) is 38.1 Å². The first-order valence-corrected chi connectivity index (χ1v) is 7.87. The van der Waals surface area contributed by atoms with E-state index in [1.165, 1.54) is 13.2 Å². The second-order valence-corrected chi connectivity index (χ2v) is 6.10. The number of anilines is 1. The molecule has 7 nitrogen and oxygen atoms in total. The molecule has 2 amide bonds. The predicted molar refractivity (Wildman–Crippen MR) is 91.0 cm³/mol. The topological polar surface area (TPSA) is 95.9 Å². The Morgan fingerprint density at radius 2 is 2.13 bits per heavy atom. The van der Waals surface area contributed by atoms with Crippen molar-refractivity contribution in [3.8, 4) is 0 Å². The Morgan fingerprint density at radius 1 is 1.43 bits per heavy atom. The van der Waals surface area contributed by atoms with E-state index in [0.717, 1.165) is 11.0 Å². The van der Waals surface area contributed by atoms with E-state index >= 15 is 0 Å². The molecule has 9 heteroatoms. The van der Waals surface area contributed by atoms with Crippen LogP contribution in [0.15, 0.2) is 23.9 Å². The fourth-order valence-electron chi connectivity index (χ4n) is 2.02. The molecular weight excluding hydrogens is 439 g/mol. The number of hydrogen-bond acceptors (Lipinski definition) is 6. The number of methoxy groups -OCH3 is 1. The summed E-state index contributed by atoms with van der Waals surface area (Å²) in [6, 6.07) is 3.01. The summed E-state index contributed by atoms with van der Waals surface area (Å²) < 4.78 is 5.28. The number of benzene rings is 1. The Balaban J connectivity index is 2.38. The van der Waals surface area contributed by atoms with Crippen LogP contribution in [-0.2, 0) is 14.3 Å². The van der Waals surface area contributed by atoms with Crippen molar-refractivity contribution in [1.29, 1.82) is 0 Å². The first kappa shape index (κ1) is 17.7. The summed E-state index contributed by atoms with van der Waals surface area (Å²) in [6.07, 6.45) is 1.11. The monoisotopic (exact) mass is 450 g/mol. The van der Waals surface area contributed by atoms with Crippen molar-refractivity contribution < 1.29 is 24.2 Å². The Kier molecular flexibility index (Phi) is 5.60. The van der Waals surface area contributed by atoms with Crippen molar-refractivity contribution in [2.45, 2.75) is 0 Å². The average molecular weight is 451 g/mol. The fourth-order valence-corrected chi connectivity index (χ4v) is 3.18. The number of imide groups is 1. The molecule has 0 fully saturated rings. The van der Waals surface area contributed by atoms with Crippen molar-refractivity contribution >= 4 is 57.7 Å². The summed E-state index contributed by atoms with van der Waals surface area (Å²) in [6.45, 7) is -0.425. The molecule has 1 aromatic carbocycles. The van der Waals surface area contributed by atoms with Gasteiger partial charge in [0.25, 0.3) is 11.8 Å². The van der Waals surface area contributed by atoms with Crippen LogP contribution in [0.1, 0.15) is 10.4 Å². The predicted octanol–water partition coefficient (Wildman–Crippen LogP) is 1.39. The second-order valence-electron chi connectivity index (χ2n) is 4.50. The van der Waals surface area contributed by atoms with Crippen molar-refractivity contribution in [3.63, 3.8) is 0 Å². The van der Waals surface area contributed by atoms with Crippen LogP contribution < -0.4 is 5.32 Å². The molecule has 0 aliphatic carbocycles. The number of esters is 1. The Hall–Kier alpha value is -1.65. The molecule has 1 aliphatic rings. The van der Waals surface area contributed by atoms with Gasteiger partial charge in [0, 0.05) is 14.7 Å². The lowest BCUT2D eigenvalue weighted by molar-refractivity contribution is -0.137. The SMILES string of the molecule is COC(=O)c1cc(Cl)cc(I)c1NC1=CC(=O)N(CCO)C1=O. The number of carbonyl (C=O) groups is 3. The van der Waals surface area contributed by atoms with Crippen LogP contribution in [0.5, 0.6) is 0 Å². The van der Waals surface area contributed by atoms with E-state index in [-0.39, 0.29) is 24.4 Å². The molecule has 0 atom stereocenters. The van der Waals surface area contributed by atoms with Crippen LogP contribution in [0.25, 0.3) is 0 Å². The number of aliphatic hydroxyl groups excluding tert-OH is 1. The zero-order valence-electron chi connectivity index (χ0n) is 11.9. The van der Waals surface area contributed by atoms with E-state index in [2.05, 4.69) is 5.32 Å². The minimum Gasteiger partial charge on any atom is -0.465 e. The second kappa shape index (κ2) is 7.28. The third kappa shape index (κ3) is 3.65. The van der Waals surface area contributed by atoms with E-state index in [1.54, 1.807) is 6.07 Å². The van der Waals surface area contributed by atoms with E-state index in [0.29, 0.717) is 14.3 Å². The van der Waals surface area contributed by atoms with Gasteiger partial charge in [0.2, 0.25) is 0 Å². The summed E-state index contributed by atoms with van der Waals surface area (Å²) in [5.41, 5.74) is 0.472. The molecule has 0 radical (unpaired) electrons. The Morgan fingerprint density at radius 3 is 2.74 bits per heavy atom. The molecule has 0 bridgehead atoms. The van der Waals surface area contributed by atoms with Crippen molar-refractivity contribution in [2.75, 3.05) is 25.6 Å². The van der Waals surface area contributed by atoms with Crippen LogP contribution in [0.4, 0.5) is 5.69 Å². The number of carbonyl (C=O) groups excluding carboxylic acids is 3. The number of β-amino-alcohol motifs (C(OH)–C–C–N with tert-alkyl or cyclic N) is 1. The zero-order valence-corrected chi connectivity index (χ0v) is 14.8. The summed E-state index contributed by atoms with van der Waals surface area (Å²) in [7, 11) is 1.23. The summed E-state index contributed by atoms with van der Waals surface area (Å²) in [5.74, 6) is -1.74. The summed E-state index contributed by atoms with van der Waals surface area (Å²) in [4.78, 5) is 36.7. The van der Waals surface area contributed by atoms with E-state index in [1.807, 2.05) is 22.6 Å².